The monoisotopic (exact) mass is 640 g/mol. The van der Waals surface area contributed by atoms with Gasteiger partial charge in [0.15, 0.2) is 0 Å². The first-order chi connectivity index (χ1) is 23.7. The van der Waals surface area contributed by atoms with Crippen molar-refractivity contribution >= 4 is 21.8 Å². The zero-order valence-electron chi connectivity index (χ0n) is 27.9. The van der Waals surface area contributed by atoms with Crippen LogP contribution in [0, 0.1) is 23.7 Å². The minimum atomic E-state index is -0.0311. The van der Waals surface area contributed by atoms with E-state index in [0.29, 0.717) is 49.0 Å². The molecule has 0 N–H and O–H groups in total. The number of aromatic nitrogens is 2. The predicted octanol–water partition coefficient (Wildman–Crippen LogP) is 7.95. The van der Waals surface area contributed by atoms with Gasteiger partial charge in [0.05, 0.1) is 36.5 Å². The number of pyridine rings is 2. The van der Waals surface area contributed by atoms with Crippen molar-refractivity contribution in [2.45, 2.75) is 50.0 Å². The second-order valence-corrected chi connectivity index (χ2v) is 14.3. The van der Waals surface area contributed by atoms with Crippen molar-refractivity contribution in [1.29, 1.82) is 0 Å². The molecule has 6 saturated heterocycles. The molecule has 6 aliphatic rings. The van der Waals surface area contributed by atoms with E-state index in [1.165, 1.54) is 34.7 Å². The Balaban J connectivity index is 1.00. The van der Waals surface area contributed by atoms with Crippen molar-refractivity contribution in [2.75, 3.05) is 39.4 Å². The van der Waals surface area contributed by atoms with Crippen LogP contribution in [0.4, 0.5) is 0 Å². The van der Waals surface area contributed by atoms with Gasteiger partial charge in [-0.2, -0.15) is 0 Å². The maximum Gasteiger partial charge on any atom is 0.0991 e. The zero-order valence-corrected chi connectivity index (χ0v) is 27.9. The number of rotatable bonds is 12. The fourth-order valence-electron chi connectivity index (χ4n) is 9.39. The maximum absolute atomic E-state index is 6.86. The lowest BCUT2D eigenvalue weighted by molar-refractivity contribution is -0.0704. The van der Waals surface area contributed by atoms with Gasteiger partial charge in [0.25, 0.3) is 0 Å². The van der Waals surface area contributed by atoms with Gasteiger partial charge in [0.2, 0.25) is 0 Å². The van der Waals surface area contributed by atoms with Crippen molar-refractivity contribution in [3.05, 3.63) is 122 Å². The van der Waals surface area contributed by atoms with Crippen LogP contribution in [0.2, 0.25) is 0 Å². The van der Waals surface area contributed by atoms with Crippen LogP contribution >= 0.6 is 0 Å². The van der Waals surface area contributed by atoms with Crippen LogP contribution in [0.25, 0.3) is 21.8 Å². The van der Waals surface area contributed by atoms with Gasteiger partial charge in [-0.1, -0.05) is 60.7 Å². The van der Waals surface area contributed by atoms with E-state index >= 15 is 0 Å². The summed E-state index contributed by atoms with van der Waals surface area (Å²) in [6.45, 7) is 13.8. The van der Waals surface area contributed by atoms with Crippen molar-refractivity contribution < 1.29 is 9.47 Å². The SMILES string of the molecule is C=C[C@H]1CN2CC[C@H]1C[C@H]2[C@H](OC/C=C/CO[C@H](c1ccnc2ccccc12)[C@@H]1C[C@@H]2CCN1C[C@@H]2C=C)c1ccnc2ccccc12. The molecular formula is C42H48N4O2. The molecule has 0 spiro atoms. The molecule has 48 heavy (non-hydrogen) atoms. The average molecular weight is 641 g/mol. The van der Waals surface area contributed by atoms with Gasteiger partial charge in [-0.15, -0.1) is 13.2 Å². The molecular weight excluding hydrogens is 592 g/mol. The third-order valence-corrected chi connectivity index (χ3v) is 11.9. The Morgan fingerprint density at radius 2 is 1.12 bits per heavy atom. The molecule has 8 heterocycles. The van der Waals surface area contributed by atoms with E-state index < -0.39 is 0 Å². The molecule has 2 aromatic heterocycles. The van der Waals surface area contributed by atoms with Gasteiger partial charge in [-0.05, 0) is 97.8 Å². The van der Waals surface area contributed by atoms with Gasteiger partial charge in [0, 0.05) is 48.3 Å². The first kappa shape index (κ1) is 31.6. The number of benzene rings is 2. The highest BCUT2D eigenvalue weighted by atomic mass is 16.5. The van der Waals surface area contributed by atoms with E-state index in [2.05, 4.69) is 118 Å². The topological polar surface area (TPSA) is 50.7 Å². The van der Waals surface area contributed by atoms with Crippen LogP contribution < -0.4 is 0 Å². The first-order valence-electron chi connectivity index (χ1n) is 18.0. The summed E-state index contributed by atoms with van der Waals surface area (Å²) in [5, 5.41) is 2.37. The Morgan fingerprint density at radius 1 is 0.667 bits per heavy atom. The lowest BCUT2D eigenvalue weighted by Crippen LogP contribution is -2.55. The maximum atomic E-state index is 6.86. The van der Waals surface area contributed by atoms with Gasteiger partial charge >= 0.3 is 0 Å². The number of piperidine rings is 6. The quantitative estimate of drug-likeness (QED) is 0.147. The smallest absolute Gasteiger partial charge is 0.0991 e. The first-order valence-corrected chi connectivity index (χ1v) is 18.0. The van der Waals surface area contributed by atoms with E-state index in [9.17, 15) is 0 Å². The second kappa shape index (κ2) is 14.0. The molecule has 4 bridgehead atoms. The van der Waals surface area contributed by atoms with E-state index in [1.807, 2.05) is 12.4 Å². The number of ether oxygens (including phenoxy) is 2. The molecule has 2 unspecified atom stereocenters. The van der Waals surface area contributed by atoms with Gasteiger partial charge in [-0.3, -0.25) is 19.8 Å². The summed E-state index contributed by atoms with van der Waals surface area (Å²) in [4.78, 5) is 14.6. The summed E-state index contributed by atoms with van der Waals surface area (Å²) >= 11 is 0. The van der Waals surface area contributed by atoms with Crippen molar-refractivity contribution in [1.82, 2.24) is 19.8 Å². The molecule has 4 aromatic rings. The summed E-state index contributed by atoms with van der Waals surface area (Å²) in [7, 11) is 0. The molecule has 0 saturated carbocycles. The Morgan fingerprint density at radius 3 is 1.54 bits per heavy atom. The third kappa shape index (κ3) is 6.05. The molecule has 0 amide bonds. The Kier molecular flexibility index (Phi) is 9.24. The summed E-state index contributed by atoms with van der Waals surface area (Å²) in [6.07, 6.45) is 17.2. The van der Waals surface area contributed by atoms with Gasteiger partial charge in [-0.25, -0.2) is 0 Å². The van der Waals surface area contributed by atoms with E-state index in [1.54, 1.807) is 0 Å². The molecule has 6 fully saturated rings. The van der Waals surface area contributed by atoms with E-state index in [4.69, 9.17) is 9.47 Å². The molecule has 10 rings (SSSR count). The normalized spacial score (nSPS) is 30.9. The molecule has 10 atom stereocenters. The summed E-state index contributed by atoms with van der Waals surface area (Å²) in [5.41, 5.74) is 4.52. The zero-order chi connectivity index (χ0) is 32.5. The Hall–Kier alpha value is -3.68. The number of hydrogen-bond acceptors (Lipinski definition) is 6. The number of para-hydroxylation sites is 2. The van der Waals surface area contributed by atoms with Crippen LogP contribution in [-0.2, 0) is 9.47 Å². The largest absolute Gasteiger partial charge is 0.368 e. The van der Waals surface area contributed by atoms with Crippen LogP contribution in [0.15, 0.2) is 111 Å². The average Bonchev–Trinajstić information content (AvgIpc) is 3.16. The van der Waals surface area contributed by atoms with Crippen LogP contribution in [-0.4, -0.2) is 71.2 Å². The minimum absolute atomic E-state index is 0.0311. The Bertz CT molecular complexity index is 1650. The standard InChI is InChI=1S/C42H48N4O2/c1-3-29-27-45-21-17-31(29)25-39(45)41(35-15-19-43-37-13-7-5-11-33(35)37)47-23-9-10-24-48-42(36-16-20-44-38-14-8-6-12-34(36)38)40-26-32-18-22-46(40)28-30(32)4-2/h3-16,19-20,29-32,39-42H,1-2,17-18,21-28H2/b10-9+/t29-,30-,31-,32-,39-,40-,41+,42+/m0/s1. The third-order valence-electron chi connectivity index (χ3n) is 11.9. The highest BCUT2D eigenvalue weighted by molar-refractivity contribution is 5.83. The number of hydrogen-bond donors (Lipinski definition) is 0. The highest BCUT2D eigenvalue weighted by Gasteiger charge is 2.44. The Labute approximate surface area is 285 Å². The van der Waals surface area contributed by atoms with Crippen LogP contribution in [0.3, 0.4) is 0 Å². The lowest BCUT2D eigenvalue weighted by Gasteiger charge is -2.51. The second-order valence-electron chi connectivity index (χ2n) is 14.3. The summed E-state index contributed by atoms with van der Waals surface area (Å²) in [5.74, 6) is 2.50. The van der Waals surface area contributed by atoms with Crippen molar-refractivity contribution in [3.63, 3.8) is 0 Å². The molecule has 6 aliphatic heterocycles. The fourth-order valence-corrected chi connectivity index (χ4v) is 9.39. The van der Waals surface area contributed by atoms with Crippen molar-refractivity contribution in [2.24, 2.45) is 23.7 Å². The minimum Gasteiger partial charge on any atom is -0.368 e. The summed E-state index contributed by atoms with van der Waals surface area (Å²) < 4.78 is 13.7. The van der Waals surface area contributed by atoms with Gasteiger partial charge in [0.1, 0.15) is 0 Å². The molecule has 0 radical (unpaired) electrons. The molecule has 248 valence electrons. The lowest BCUT2D eigenvalue weighted by atomic mass is 9.73. The molecule has 2 aromatic carbocycles. The van der Waals surface area contributed by atoms with Crippen LogP contribution in [0.5, 0.6) is 0 Å². The molecule has 6 heteroatoms. The van der Waals surface area contributed by atoms with Gasteiger partial charge < -0.3 is 9.47 Å². The number of fused-ring (bicyclic) bond motifs is 8. The predicted molar refractivity (Wildman–Crippen MR) is 194 cm³/mol. The fraction of sp³-hybridized carbons (Fsp3) is 0.429. The van der Waals surface area contributed by atoms with E-state index in [0.717, 1.165) is 50.1 Å². The van der Waals surface area contributed by atoms with E-state index in [-0.39, 0.29) is 12.2 Å². The summed E-state index contributed by atoms with van der Waals surface area (Å²) in [6, 6.07) is 21.9. The van der Waals surface area contributed by atoms with Crippen molar-refractivity contribution in [3.8, 4) is 0 Å². The molecule has 6 nitrogen and oxygen atoms in total. The number of nitrogens with zero attached hydrogens (tertiary/aromatic N) is 4. The van der Waals surface area contributed by atoms with Crippen LogP contribution in [0.1, 0.15) is 49.0 Å². The molecule has 0 aliphatic carbocycles. The highest BCUT2D eigenvalue weighted by Crippen LogP contribution is 2.45.